The average molecular weight is 208 g/mol. The first-order valence-corrected chi connectivity index (χ1v) is 4.51. The molecular weight excluding hydrogens is 196 g/mol. The first kappa shape index (κ1) is 11.2. The van der Waals surface area contributed by atoms with E-state index in [9.17, 15) is 9.59 Å². The Balaban J connectivity index is 2.65. The highest BCUT2D eigenvalue weighted by Gasteiger charge is 2.02. The molecule has 0 radical (unpaired) electrons. The van der Waals surface area contributed by atoms with Crippen LogP contribution < -0.4 is 4.74 Å². The van der Waals surface area contributed by atoms with Crippen molar-refractivity contribution in [2.75, 3.05) is 6.61 Å². The van der Waals surface area contributed by atoms with Crippen LogP contribution in [0.25, 0.3) is 0 Å². The average Bonchev–Trinajstić information content (AvgIpc) is 2.14. The molecule has 0 heterocycles. The fourth-order valence-corrected chi connectivity index (χ4v) is 1.18. The van der Waals surface area contributed by atoms with E-state index in [2.05, 4.69) is 0 Å². The zero-order valence-corrected chi connectivity index (χ0v) is 8.40. The predicted molar refractivity (Wildman–Crippen MR) is 54.0 cm³/mol. The molecule has 0 saturated carbocycles. The quantitative estimate of drug-likeness (QED) is 0.791. The van der Waals surface area contributed by atoms with Gasteiger partial charge >= 0.3 is 5.97 Å². The molecular formula is C11H12O4. The lowest BCUT2D eigenvalue weighted by atomic mass is 10.1. The van der Waals surface area contributed by atoms with Crippen molar-refractivity contribution in [2.45, 2.75) is 13.3 Å². The lowest BCUT2D eigenvalue weighted by Crippen LogP contribution is -2.09. The molecule has 0 aliphatic heterocycles. The minimum absolute atomic E-state index is 0.0605. The maximum atomic E-state index is 10.9. The summed E-state index contributed by atoms with van der Waals surface area (Å²) in [4.78, 5) is 21.1. The number of hydrogen-bond acceptors (Lipinski definition) is 3. The first-order chi connectivity index (χ1) is 7.08. The maximum absolute atomic E-state index is 10.9. The van der Waals surface area contributed by atoms with Crippen LogP contribution >= 0.6 is 0 Å². The summed E-state index contributed by atoms with van der Waals surface area (Å²) < 4.78 is 4.98. The van der Waals surface area contributed by atoms with Crippen LogP contribution in [0.2, 0.25) is 0 Å². The fraction of sp³-hybridized carbons (Fsp3) is 0.273. The Morgan fingerprint density at radius 1 is 1.40 bits per heavy atom. The number of rotatable bonds is 5. The number of hydrogen-bond donors (Lipinski definition) is 1. The molecule has 1 N–H and O–H groups in total. The Bertz CT molecular complexity index is 371. The highest BCUT2D eigenvalue weighted by atomic mass is 16.5. The molecule has 0 aliphatic carbocycles. The van der Waals surface area contributed by atoms with Crippen molar-refractivity contribution in [1.82, 2.24) is 0 Å². The minimum Gasteiger partial charge on any atom is -0.482 e. The molecule has 15 heavy (non-hydrogen) atoms. The predicted octanol–water partition coefficient (Wildman–Crippen LogP) is 1.28. The van der Waals surface area contributed by atoms with Gasteiger partial charge in [0.1, 0.15) is 11.5 Å². The van der Waals surface area contributed by atoms with Gasteiger partial charge in [0.2, 0.25) is 0 Å². The minimum atomic E-state index is -1.02. The number of aliphatic carboxylic acids is 1. The molecule has 0 unspecified atom stereocenters. The highest BCUT2D eigenvalue weighted by Crippen LogP contribution is 2.13. The second kappa shape index (κ2) is 5.14. The molecule has 1 aromatic rings. The summed E-state index contributed by atoms with van der Waals surface area (Å²) in [5, 5.41) is 8.41. The number of carboxylic acids is 1. The van der Waals surface area contributed by atoms with Gasteiger partial charge in [-0.3, -0.25) is 4.79 Å². The Morgan fingerprint density at radius 3 is 2.73 bits per heavy atom. The fourth-order valence-electron chi connectivity index (χ4n) is 1.18. The highest BCUT2D eigenvalue weighted by molar-refractivity contribution is 5.78. The van der Waals surface area contributed by atoms with E-state index < -0.39 is 5.97 Å². The van der Waals surface area contributed by atoms with Crippen molar-refractivity contribution in [3.8, 4) is 5.75 Å². The molecule has 0 fully saturated rings. The van der Waals surface area contributed by atoms with Crippen LogP contribution in [-0.2, 0) is 16.0 Å². The third kappa shape index (κ3) is 4.26. The molecule has 1 rings (SSSR count). The van der Waals surface area contributed by atoms with E-state index in [0.717, 1.165) is 5.56 Å². The SMILES string of the molecule is CC(=O)Cc1cccc(OCC(=O)O)c1. The Hall–Kier alpha value is -1.84. The lowest BCUT2D eigenvalue weighted by molar-refractivity contribution is -0.139. The van der Waals surface area contributed by atoms with Gasteiger partial charge in [0, 0.05) is 6.42 Å². The molecule has 0 saturated heterocycles. The molecule has 4 heteroatoms. The smallest absolute Gasteiger partial charge is 0.341 e. The number of Topliss-reactive ketones (excluding diaryl/α,β-unsaturated/α-hetero) is 1. The van der Waals surface area contributed by atoms with E-state index in [1.54, 1.807) is 24.3 Å². The van der Waals surface area contributed by atoms with Crippen molar-refractivity contribution < 1.29 is 19.4 Å². The van der Waals surface area contributed by atoms with Gasteiger partial charge < -0.3 is 9.84 Å². The number of ketones is 1. The van der Waals surface area contributed by atoms with Crippen LogP contribution in [0, 0.1) is 0 Å². The second-order valence-electron chi connectivity index (χ2n) is 3.21. The topological polar surface area (TPSA) is 63.6 Å². The molecule has 0 aromatic heterocycles. The third-order valence-electron chi connectivity index (χ3n) is 1.71. The standard InChI is InChI=1S/C11H12O4/c1-8(12)5-9-3-2-4-10(6-9)15-7-11(13)14/h2-4,6H,5,7H2,1H3,(H,13,14). The third-order valence-corrected chi connectivity index (χ3v) is 1.71. The van der Waals surface area contributed by atoms with E-state index >= 15 is 0 Å². The van der Waals surface area contributed by atoms with Crippen molar-refractivity contribution in [1.29, 1.82) is 0 Å². The van der Waals surface area contributed by atoms with Crippen LogP contribution in [0.1, 0.15) is 12.5 Å². The summed E-state index contributed by atoms with van der Waals surface area (Å²) in [7, 11) is 0. The molecule has 0 bridgehead atoms. The van der Waals surface area contributed by atoms with E-state index in [1.807, 2.05) is 0 Å². The van der Waals surface area contributed by atoms with Gasteiger partial charge in [0.15, 0.2) is 6.61 Å². The number of benzene rings is 1. The van der Waals surface area contributed by atoms with Crippen LogP contribution in [0.4, 0.5) is 0 Å². The van der Waals surface area contributed by atoms with Crippen molar-refractivity contribution in [2.24, 2.45) is 0 Å². The first-order valence-electron chi connectivity index (χ1n) is 4.51. The summed E-state index contributed by atoms with van der Waals surface area (Å²) >= 11 is 0. The van der Waals surface area contributed by atoms with Gasteiger partial charge in [-0.15, -0.1) is 0 Å². The summed E-state index contributed by atoms with van der Waals surface area (Å²) in [6.07, 6.45) is 0.338. The van der Waals surface area contributed by atoms with Crippen LogP contribution in [0.3, 0.4) is 0 Å². The van der Waals surface area contributed by atoms with Crippen molar-refractivity contribution >= 4 is 11.8 Å². The number of ether oxygens (including phenoxy) is 1. The van der Waals surface area contributed by atoms with Gasteiger partial charge in [-0.05, 0) is 24.6 Å². The zero-order valence-electron chi connectivity index (χ0n) is 8.40. The largest absolute Gasteiger partial charge is 0.482 e. The van der Waals surface area contributed by atoms with Crippen molar-refractivity contribution in [3.05, 3.63) is 29.8 Å². The molecule has 0 amide bonds. The number of carbonyl (C=O) groups excluding carboxylic acids is 1. The molecule has 1 aromatic carbocycles. The summed E-state index contributed by atoms with van der Waals surface area (Å²) in [5.74, 6) is -0.492. The normalized spacial score (nSPS) is 9.67. The van der Waals surface area contributed by atoms with Gasteiger partial charge in [-0.1, -0.05) is 12.1 Å². The number of carboxylic acid groups (broad SMARTS) is 1. The number of carbonyl (C=O) groups is 2. The van der Waals surface area contributed by atoms with Crippen LogP contribution in [0.15, 0.2) is 24.3 Å². The summed E-state index contributed by atoms with van der Waals surface area (Å²) in [5.41, 5.74) is 0.824. The van der Waals surface area contributed by atoms with E-state index in [-0.39, 0.29) is 12.4 Å². The van der Waals surface area contributed by atoms with E-state index in [1.165, 1.54) is 6.92 Å². The lowest BCUT2D eigenvalue weighted by Gasteiger charge is -2.04. The maximum Gasteiger partial charge on any atom is 0.341 e. The van der Waals surface area contributed by atoms with Crippen LogP contribution in [0.5, 0.6) is 5.75 Å². The van der Waals surface area contributed by atoms with E-state index in [4.69, 9.17) is 9.84 Å². The molecule has 80 valence electrons. The second-order valence-corrected chi connectivity index (χ2v) is 3.21. The molecule has 0 spiro atoms. The van der Waals surface area contributed by atoms with Gasteiger partial charge in [-0.2, -0.15) is 0 Å². The van der Waals surface area contributed by atoms with Crippen molar-refractivity contribution in [3.63, 3.8) is 0 Å². The molecule has 4 nitrogen and oxygen atoms in total. The van der Waals surface area contributed by atoms with Gasteiger partial charge in [0.25, 0.3) is 0 Å². The Morgan fingerprint density at radius 2 is 2.13 bits per heavy atom. The van der Waals surface area contributed by atoms with Crippen LogP contribution in [-0.4, -0.2) is 23.5 Å². The molecule has 0 aliphatic rings. The van der Waals surface area contributed by atoms with Gasteiger partial charge in [0.05, 0.1) is 0 Å². The molecule has 0 atom stereocenters. The zero-order chi connectivity index (χ0) is 11.3. The summed E-state index contributed by atoms with van der Waals surface area (Å²) in [6, 6.07) is 6.86. The Kier molecular flexibility index (Phi) is 3.85. The monoisotopic (exact) mass is 208 g/mol. The summed E-state index contributed by atoms with van der Waals surface area (Å²) in [6.45, 7) is 1.13. The Labute approximate surface area is 87.5 Å². The van der Waals surface area contributed by atoms with Gasteiger partial charge in [-0.25, -0.2) is 4.79 Å². The van der Waals surface area contributed by atoms with E-state index in [0.29, 0.717) is 12.2 Å².